The topological polar surface area (TPSA) is 131 Å². The van der Waals surface area contributed by atoms with Crippen LogP contribution >= 0.6 is 0 Å². The van der Waals surface area contributed by atoms with Crippen molar-refractivity contribution in [3.8, 4) is 0 Å². The zero-order chi connectivity index (χ0) is 32.6. The third kappa shape index (κ3) is 6.63. The molecule has 1 aromatic carbocycles. The first-order valence-corrected chi connectivity index (χ1v) is 13.8. The van der Waals surface area contributed by atoms with Gasteiger partial charge in [0, 0.05) is 5.92 Å². The number of halogens is 6. The van der Waals surface area contributed by atoms with E-state index in [4.69, 9.17) is 4.42 Å². The molecule has 240 valence electrons. The molecule has 0 unspecified atom stereocenters. The van der Waals surface area contributed by atoms with Crippen molar-refractivity contribution in [2.24, 2.45) is 17.8 Å². The smallest absolute Gasteiger partial charge is 0.416 e. The third-order valence-electron chi connectivity index (χ3n) is 8.14. The average molecular weight is 632 g/mol. The molecule has 2 aliphatic rings. The Bertz CT molecular complexity index is 1430. The molecule has 1 fully saturated rings. The van der Waals surface area contributed by atoms with Crippen molar-refractivity contribution in [3.05, 3.63) is 69.7 Å². The Labute approximate surface area is 247 Å². The van der Waals surface area contributed by atoms with Crippen LogP contribution in [-0.2, 0) is 28.5 Å². The van der Waals surface area contributed by atoms with Crippen molar-refractivity contribution in [3.63, 3.8) is 0 Å². The van der Waals surface area contributed by atoms with Gasteiger partial charge in [-0.15, -0.1) is 0 Å². The molecule has 14 heteroatoms. The Morgan fingerprint density at radius 3 is 2.14 bits per heavy atom. The van der Waals surface area contributed by atoms with Crippen LogP contribution in [0.3, 0.4) is 0 Å². The van der Waals surface area contributed by atoms with Crippen LogP contribution in [0.25, 0.3) is 6.08 Å². The minimum absolute atomic E-state index is 0.0639. The number of allylic oxidation sites excluding steroid dienone is 1. The molecule has 0 spiro atoms. The molecule has 1 aromatic heterocycles. The summed E-state index contributed by atoms with van der Waals surface area (Å²) in [5.74, 6) is -5.25. The molecule has 0 saturated carbocycles. The van der Waals surface area contributed by atoms with E-state index in [-0.39, 0.29) is 53.7 Å². The Morgan fingerprint density at radius 1 is 1.00 bits per heavy atom. The highest BCUT2D eigenvalue weighted by Gasteiger charge is 2.55. The van der Waals surface area contributed by atoms with Gasteiger partial charge in [-0.2, -0.15) is 26.3 Å². The number of aliphatic hydroxyl groups excluding tert-OH is 4. The van der Waals surface area contributed by atoms with Crippen molar-refractivity contribution in [2.75, 3.05) is 18.1 Å². The first kappa shape index (κ1) is 33.4. The van der Waals surface area contributed by atoms with Gasteiger partial charge in [0.05, 0.1) is 48.0 Å². The molecule has 4 atom stereocenters. The van der Waals surface area contributed by atoms with Crippen LogP contribution in [0.1, 0.15) is 55.3 Å². The van der Waals surface area contributed by atoms with E-state index >= 15 is 0 Å². The van der Waals surface area contributed by atoms with Gasteiger partial charge in [0.25, 0.3) is 0 Å². The number of furan rings is 1. The van der Waals surface area contributed by atoms with Crippen LogP contribution in [0.2, 0.25) is 0 Å². The molecule has 0 radical (unpaired) electrons. The molecule has 2 aromatic rings. The Hall–Kier alpha value is -3.46. The second-order valence-electron chi connectivity index (χ2n) is 10.8. The number of aliphatic hydroxyl groups is 4. The number of nitrogens with zero attached hydrogens (tertiary/aromatic N) is 1. The first-order valence-electron chi connectivity index (χ1n) is 13.8. The van der Waals surface area contributed by atoms with Crippen LogP contribution in [-0.4, -0.2) is 51.6 Å². The maximum absolute atomic E-state index is 13.6. The molecule has 0 bridgehead atoms. The number of rotatable bonds is 10. The van der Waals surface area contributed by atoms with E-state index in [1.807, 2.05) is 6.92 Å². The van der Waals surface area contributed by atoms with Gasteiger partial charge >= 0.3 is 12.4 Å². The number of hydrogen-bond donors (Lipinski definition) is 4. The van der Waals surface area contributed by atoms with Gasteiger partial charge in [-0.25, -0.2) is 4.90 Å². The van der Waals surface area contributed by atoms with E-state index < -0.39 is 78.1 Å². The van der Waals surface area contributed by atoms with Gasteiger partial charge < -0.3 is 24.8 Å². The minimum atomic E-state index is -5.21. The number of fused-ring (bicyclic) bond motifs is 1. The quantitative estimate of drug-likeness (QED) is 0.168. The van der Waals surface area contributed by atoms with Crippen LogP contribution in [0.5, 0.6) is 0 Å². The van der Waals surface area contributed by atoms with E-state index in [9.17, 15) is 56.4 Å². The number of carbonyl (C=O) groups excluding carboxylic acids is 2. The van der Waals surface area contributed by atoms with E-state index in [0.717, 1.165) is 5.57 Å². The normalized spacial score (nSPS) is 22.2. The highest BCUT2D eigenvalue weighted by molar-refractivity contribution is 6.22. The number of amides is 2. The summed E-state index contributed by atoms with van der Waals surface area (Å²) in [6.45, 7) is 0.131. The summed E-state index contributed by atoms with van der Waals surface area (Å²) in [5.41, 5.74) is -3.23. The number of carbonyl (C=O) groups is 2. The minimum Gasteiger partial charge on any atom is -0.459 e. The largest absolute Gasteiger partial charge is 0.459 e. The number of benzene rings is 1. The van der Waals surface area contributed by atoms with Crippen LogP contribution in [0.4, 0.5) is 32.0 Å². The fourth-order valence-electron chi connectivity index (χ4n) is 6.01. The summed E-state index contributed by atoms with van der Waals surface area (Å²) in [5, 5.41) is 40.9. The van der Waals surface area contributed by atoms with Crippen LogP contribution in [0.15, 0.2) is 51.5 Å². The fraction of sp³-hybridized carbons (Fsp3) is 0.467. The lowest BCUT2D eigenvalue weighted by Crippen LogP contribution is -2.39. The summed E-state index contributed by atoms with van der Waals surface area (Å²) in [6.07, 6.45) is -9.36. The van der Waals surface area contributed by atoms with Crippen molar-refractivity contribution in [1.82, 2.24) is 0 Å². The van der Waals surface area contributed by atoms with Crippen molar-refractivity contribution >= 4 is 23.6 Å². The molecule has 1 aliphatic carbocycles. The molecule has 8 nitrogen and oxygen atoms in total. The number of imide groups is 1. The van der Waals surface area contributed by atoms with Crippen LogP contribution in [0, 0.1) is 17.8 Å². The summed E-state index contributed by atoms with van der Waals surface area (Å²) in [7, 11) is 0. The average Bonchev–Trinajstić information content (AvgIpc) is 3.53. The van der Waals surface area contributed by atoms with Crippen molar-refractivity contribution in [1.29, 1.82) is 0 Å². The van der Waals surface area contributed by atoms with E-state index in [1.54, 1.807) is 18.2 Å². The van der Waals surface area contributed by atoms with Gasteiger partial charge in [0.1, 0.15) is 18.1 Å². The van der Waals surface area contributed by atoms with Gasteiger partial charge in [-0.3, -0.25) is 9.59 Å². The SMILES string of the molecule is CC/C(=C\c1ccc(CO)o1)CC[C@@H](O)C1=C(CO)C[C@H]2C(=O)N(c3cc(C(F)(F)F)cc(C(F)(F)F)c3)C(=O)[C@H]2[C@H]1CO. The predicted octanol–water partition coefficient (Wildman–Crippen LogP) is 4.85. The second kappa shape index (κ2) is 12.9. The summed E-state index contributed by atoms with van der Waals surface area (Å²) in [4.78, 5) is 27.2. The number of hydrogen-bond acceptors (Lipinski definition) is 7. The summed E-state index contributed by atoms with van der Waals surface area (Å²) in [6, 6.07) is 3.71. The first-order chi connectivity index (χ1) is 20.6. The van der Waals surface area contributed by atoms with Gasteiger partial charge in [0.2, 0.25) is 11.8 Å². The van der Waals surface area contributed by atoms with Gasteiger partial charge in [0.15, 0.2) is 0 Å². The highest BCUT2D eigenvalue weighted by atomic mass is 19.4. The van der Waals surface area contributed by atoms with E-state index in [1.165, 1.54) is 0 Å². The number of alkyl halides is 6. The summed E-state index contributed by atoms with van der Waals surface area (Å²) >= 11 is 0. The standard InChI is InChI=1S/C30H31F6NO7/c1-2-15(7-20-4-5-21(13-39)44-20)3-6-24(41)25-16(12-38)8-22-26(23(25)14-40)28(43)37(27(22)42)19-10-17(29(31,32)33)9-18(11-19)30(34,35)36/h4-5,7,9-11,22-24,26,38-41H,2-3,6,8,12-14H2,1H3/b15-7+/t22-,23+,24-,26-/m1/s1. The van der Waals surface area contributed by atoms with Gasteiger partial charge in [-0.1, -0.05) is 12.5 Å². The fourth-order valence-corrected chi connectivity index (χ4v) is 6.01. The molecule has 2 amide bonds. The summed E-state index contributed by atoms with van der Waals surface area (Å²) < 4.78 is 86.4. The molecule has 1 aliphatic heterocycles. The molecular formula is C30H31F6NO7. The Kier molecular flexibility index (Phi) is 9.78. The Morgan fingerprint density at radius 2 is 1.64 bits per heavy atom. The van der Waals surface area contributed by atoms with E-state index in [2.05, 4.69) is 0 Å². The molecule has 1 saturated heterocycles. The number of anilines is 1. The molecule has 4 rings (SSSR count). The van der Waals surface area contributed by atoms with Crippen molar-refractivity contribution < 1.29 is 60.8 Å². The molecule has 4 N–H and O–H groups in total. The lowest BCUT2D eigenvalue weighted by atomic mass is 9.68. The third-order valence-corrected chi connectivity index (χ3v) is 8.14. The monoisotopic (exact) mass is 631 g/mol. The molecule has 44 heavy (non-hydrogen) atoms. The van der Waals surface area contributed by atoms with Gasteiger partial charge in [-0.05, 0) is 73.2 Å². The zero-order valence-corrected chi connectivity index (χ0v) is 23.5. The van der Waals surface area contributed by atoms with Crippen molar-refractivity contribution in [2.45, 2.75) is 57.7 Å². The predicted molar refractivity (Wildman–Crippen MR) is 143 cm³/mol. The maximum Gasteiger partial charge on any atom is 0.416 e. The highest BCUT2D eigenvalue weighted by Crippen LogP contribution is 2.48. The lowest BCUT2D eigenvalue weighted by Gasteiger charge is -2.36. The molecular weight excluding hydrogens is 600 g/mol. The molecule has 2 heterocycles. The maximum atomic E-state index is 13.6. The Balaban J connectivity index is 1.64. The lowest BCUT2D eigenvalue weighted by molar-refractivity contribution is -0.143. The van der Waals surface area contributed by atoms with E-state index in [0.29, 0.717) is 24.4 Å². The second-order valence-corrected chi connectivity index (χ2v) is 10.8. The van der Waals surface area contributed by atoms with Crippen LogP contribution < -0.4 is 4.90 Å². The zero-order valence-electron chi connectivity index (χ0n) is 23.5.